The van der Waals surface area contributed by atoms with Gasteiger partial charge in [0.15, 0.2) is 0 Å². The number of aromatic nitrogens is 3. The van der Waals surface area contributed by atoms with Crippen LogP contribution in [0, 0.1) is 13.8 Å². The van der Waals surface area contributed by atoms with Gasteiger partial charge in [-0.1, -0.05) is 72.8 Å². The van der Waals surface area contributed by atoms with Crippen LogP contribution < -0.4 is 15.4 Å². The zero-order valence-electron chi connectivity index (χ0n) is 22.7. The standard InChI is InChI=1S/C31H33N5O2S/c1-5-18-39-31-34-30-32-22(4)27(29(37)33-25-14-10-20(2)11-15-25)28(36(30)35-31)23-12-16-26(17-13-23)38-19-24-9-7-6-8-21(24)3/h6-17,28H,5,18-19H2,1-4H3,(H,33,37)(H,32,34,35). The maximum absolute atomic E-state index is 13.7. The second kappa shape index (κ2) is 11.8. The van der Waals surface area contributed by atoms with Crippen molar-refractivity contribution in [3.05, 3.63) is 106 Å². The first-order valence-electron chi connectivity index (χ1n) is 13.2. The Bertz CT molecular complexity index is 1490. The topological polar surface area (TPSA) is 81.1 Å². The van der Waals surface area contributed by atoms with Crippen molar-refractivity contribution < 1.29 is 9.53 Å². The van der Waals surface area contributed by atoms with Gasteiger partial charge in [0.2, 0.25) is 11.1 Å². The number of hydrogen-bond acceptors (Lipinski definition) is 6. The summed E-state index contributed by atoms with van der Waals surface area (Å²) in [6.07, 6.45) is 1.02. The van der Waals surface area contributed by atoms with Crippen LogP contribution in [0.4, 0.5) is 11.6 Å². The Hall–Kier alpha value is -4.04. The van der Waals surface area contributed by atoms with Crippen molar-refractivity contribution in [1.29, 1.82) is 0 Å². The van der Waals surface area contributed by atoms with Crippen molar-refractivity contribution in [2.75, 3.05) is 16.4 Å². The number of nitrogens with one attached hydrogen (secondary N) is 2. The molecule has 2 heterocycles. The highest BCUT2D eigenvalue weighted by Crippen LogP contribution is 2.37. The number of thioether (sulfide) groups is 1. The quantitative estimate of drug-likeness (QED) is 0.225. The monoisotopic (exact) mass is 539 g/mol. The van der Waals surface area contributed by atoms with Gasteiger partial charge in [-0.3, -0.25) is 4.79 Å². The largest absolute Gasteiger partial charge is 0.489 e. The number of allylic oxidation sites excluding steroid dienone is 1. The van der Waals surface area contributed by atoms with Crippen LogP contribution in [0.1, 0.15) is 48.6 Å². The van der Waals surface area contributed by atoms with Crippen LogP contribution in [-0.2, 0) is 11.4 Å². The van der Waals surface area contributed by atoms with Crippen LogP contribution in [0.25, 0.3) is 0 Å². The lowest BCUT2D eigenvalue weighted by Crippen LogP contribution is -2.31. The van der Waals surface area contributed by atoms with Crippen LogP contribution in [0.2, 0.25) is 0 Å². The Kier molecular flexibility index (Phi) is 8.02. The molecule has 8 heteroatoms. The molecule has 4 aromatic rings. The normalized spacial score (nSPS) is 14.5. The third-order valence-electron chi connectivity index (χ3n) is 6.67. The van der Waals surface area contributed by atoms with Gasteiger partial charge in [0.25, 0.3) is 5.91 Å². The Morgan fingerprint density at radius 2 is 1.77 bits per heavy atom. The number of benzene rings is 3. The average molecular weight is 540 g/mol. The van der Waals surface area contributed by atoms with E-state index in [0.717, 1.165) is 46.0 Å². The molecule has 1 aliphatic heterocycles. The molecule has 1 amide bonds. The summed E-state index contributed by atoms with van der Waals surface area (Å²) in [5, 5.41) is 11.9. The molecule has 0 saturated carbocycles. The Balaban J connectivity index is 1.45. The van der Waals surface area contributed by atoms with Crippen LogP contribution in [-0.4, -0.2) is 26.4 Å². The molecule has 0 spiro atoms. The van der Waals surface area contributed by atoms with Gasteiger partial charge >= 0.3 is 0 Å². The second-order valence-electron chi connectivity index (χ2n) is 9.68. The van der Waals surface area contributed by atoms with Gasteiger partial charge in [0.1, 0.15) is 18.4 Å². The van der Waals surface area contributed by atoms with E-state index in [4.69, 9.17) is 14.8 Å². The van der Waals surface area contributed by atoms with E-state index in [-0.39, 0.29) is 5.91 Å². The number of amides is 1. The fourth-order valence-corrected chi connectivity index (χ4v) is 5.19. The van der Waals surface area contributed by atoms with Crippen molar-refractivity contribution in [1.82, 2.24) is 14.8 Å². The Morgan fingerprint density at radius 3 is 2.49 bits per heavy atom. The number of anilines is 2. The summed E-state index contributed by atoms with van der Waals surface area (Å²) in [5.74, 6) is 2.13. The number of fused-ring (bicyclic) bond motifs is 1. The Labute approximate surface area is 233 Å². The van der Waals surface area contributed by atoms with Crippen LogP contribution in [0.5, 0.6) is 5.75 Å². The molecule has 0 bridgehead atoms. The first-order valence-corrected chi connectivity index (χ1v) is 14.1. The molecular weight excluding hydrogens is 506 g/mol. The zero-order chi connectivity index (χ0) is 27.4. The summed E-state index contributed by atoms with van der Waals surface area (Å²) in [6.45, 7) is 8.64. The highest BCUT2D eigenvalue weighted by molar-refractivity contribution is 7.99. The smallest absolute Gasteiger partial charge is 0.255 e. The third-order valence-corrected chi connectivity index (χ3v) is 7.72. The lowest BCUT2D eigenvalue weighted by molar-refractivity contribution is -0.113. The van der Waals surface area contributed by atoms with Crippen molar-refractivity contribution in [2.24, 2.45) is 0 Å². The molecule has 0 aliphatic carbocycles. The summed E-state index contributed by atoms with van der Waals surface area (Å²) in [5.41, 5.74) is 6.49. The molecule has 3 aromatic carbocycles. The number of carbonyl (C=O) groups excluding carboxylic acids is 1. The molecular formula is C31H33N5O2S. The minimum Gasteiger partial charge on any atom is -0.489 e. The summed E-state index contributed by atoms with van der Waals surface area (Å²) < 4.78 is 7.89. The SMILES string of the molecule is CCCSc1nc2n(n1)C(c1ccc(OCc3ccccc3C)cc1)C(C(=O)Nc1ccc(C)cc1)=C(C)N2. The van der Waals surface area contributed by atoms with Gasteiger partial charge < -0.3 is 15.4 Å². The van der Waals surface area contributed by atoms with E-state index >= 15 is 0 Å². The van der Waals surface area contributed by atoms with E-state index in [1.807, 2.05) is 79.2 Å². The number of carbonyl (C=O) groups is 1. The van der Waals surface area contributed by atoms with E-state index in [1.165, 1.54) is 5.56 Å². The van der Waals surface area contributed by atoms with E-state index < -0.39 is 6.04 Å². The first-order chi connectivity index (χ1) is 18.9. The molecule has 200 valence electrons. The highest BCUT2D eigenvalue weighted by atomic mass is 32.2. The number of aryl methyl sites for hydroxylation is 2. The lowest BCUT2D eigenvalue weighted by atomic mass is 9.95. The molecule has 1 aliphatic rings. The summed E-state index contributed by atoms with van der Waals surface area (Å²) in [6, 6.07) is 23.4. The fourth-order valence-electron chi connectivity index (χ4n) is 4.50. The van der Waals surface area contributed by atoms with Gasteiger partial charge in [0.05, 0.1) is 5.57 Å². The maximum Gasteiger partial charge on any atom is 0.255 e. The van der Waals surface area contributed by atoms with Gasteiger partial charge in [-0.15, -0.1) is 5.10 Å². The van der Waals surface area contributed by atoms with E-state index in [0.29, 0.717) is 23.3 Å². The van der Waals surface area contributed by atoms with Gasteiger partial charge in [0, 0.05) is 17.1 Å². The highest BCUT2D eigenvalue weighted by Gasteiger charge is 2.34. The molecule has 0 radical (unpaired) electrons. The van der Waals surface area contributed by atoms with Crippen LogP contribution in [0.3, 0.4) is 0 Å². The van der Waals surface area contributed by atoms with Gasteiger partial charge in [-0.05, 0) is 68.1 Å². The molecule has 1 aromatic heterocycles. The molecule has 1 atom stereocenters. The summed E-state index contributed by atoms with van der Waals surface area (Å²) in [4.78, 5) is 18.4. The van der Waals surface area contributed by atoms with Crippen molar-refractivity contribution >= 4 is 29.3 Å². The predicted molar refractivity (Wildman–Crippen MR) is 157 cm³/mol. The number of rotatable bonds is 9. The zero-order valence-corrected chi connectivity index (χ0v) is 23.5. The minimum absolute atomic E-state index is 0.183. The molecule has 2 N–H and O–H groups in total. The van der Waals surface area contributed by atoms with Gasteiger partial charge in [-0.25, -0.2) is 4.68 Å². The predicted octanol–water partition coefficient (Wildman–Crippen LogP) is 6.90. The molecule has 39 heavy (non-hydrogen) atoms. The maximum atomic E-state index is 13.7. The molecule has 0 fully saturated rings. The first kappa shape index (κ1) is 26.6. The molecule has 0 saturated heterocycles. The summed E-state index contributed by atoms with van der Waals surface area (Å²) in [7, 11) is 0. The third kappa shape index (κ3) is 6.01. The minimum atomic E-state index is -0.444. The molecule has 5 rings (SSSR count). The summed E-state index contributed by atoms with van der Waals surface area (Å²) >= 11 is 1.61. The fraction of sp³-hybridized carbons (Fsp3) is 0.258. The van der Waals surface area contributed by atoms with Crippen molar-refractivity contribution in [2.45, 2.75) is 51.9 Å². The second-order valence-corrected chi connectivity index (χ2v) is 10.7. The van der Waals surface area contributed by atoms with Crippen molar-refractivity contribution in [3.63, 3.8) is 0 Å². The van der Waals surface area contributed by atoms with Crippen molar-refractivity contribution in [3.8, 4) is 5.75 Å². The molecule has 1 unspecified atom stereocenters. The number of hydrogen-bond donors (Lipinski definition) is 2. The van der Waals surface area contributed by atoms with E-state index in [9.17, 15) is 4.79 Å². The average Bonchev–Trinajstić information content (AvgIpc) is 3.34. The van der Waals surface area contributed by atoms with E-state index in [1.54, 1.807) is 11.8 Å². The van der Waals surface area contributed by atoms with Gasteiger partial charge in [-0.2, -0.15) is 4.98 Å². The Morgan fingerprint density at radius 1 is 1.03 bits per heavy atom. The number of nitrogens with zero attached hydrogens (tertiary/aromatic N) is 3. The van der Waals surface area contributed by atoms with E-state index in [2.05, 4.69) is 36.6 Å². The van der Waals surface area contributed by atoms with Crippen LogP contribution in [0.15, 0.2) is 89.2 Å². The van der Waals surface area contributed by atoms with Crippen LogP contribution >= 0.6 is 11.8 Å². The number of ether oxygens (including phenoxy) is 1. The molecule has 7 nitrogen and oxygen atoms in total. The lowest BCUT2D eigenvalue weighted by Gasteiger charge is -2.28.